The molecule has 7 nitrogen and oxygen atoms in total. The molecular formula is C10H9ClN4O3. The molecule has 0 aliphatic carbocycles. The van der Waals surface area contributed by atoms with Crippen molar-refractivity contribution < 1.29 is 14.4 Å². The SMILES string of the molecule is CN1C(=O)CC(Nc2ncnc(Cl)c2C=O)C1=O. The number of amides is 2. The number of anilines is 1. The number of aromatic nitrogens is 2. The Hall–Kier alpha value is -2.02. The molecule has 1 atom stereocenters. The van der Waals surface area contributed by atoms with Crippen molar-refractivity contribution in [2.45, 2.75) is 12.5 Å². The zero-order chi connectivity index (χ0) is 13.3. The Morgan fingerprint density at radius 3 is 2.78 bits per heavy atom. The molecule has 2 amide bonds. The van der Waals surface area contributed by atoms with Gasteiger partial charge in [-0.25, -0.2) is 9.97 Å². The number of hydrogen-bond acceptors (Lipinski definition) is 6. The molecule has 1 fully saturated rings. The number of nitrogens with one attached hydrogen (secondary N) is 1. The second-order valence-electron chi connectivity index (χ2n) is 3.74. The average Bonchev–Trinajstić information content (AvgIpc) is 2.57. The Labute approximate surface area is 107 Å². The van der Waals surface area contributed by atoms with Crippen molar-refractivity contribution >= 4 is 35.5 Å². The molecule has 1 aromatic rings. The summed E-state index contributed by atoms with van der Waals surface area (Å²) >= 11 is 5.72. The first kappa shape index (κ1) is 12.4. The van der Waals surface area contributed by atoms with Gasteiger partial charge in [-0.05, 0) is 0 Å². The lowest BCUT2D eigenvalue weighted by Crippen LogP contribution is -2.32. The molecular weight excluding hydrogens is 260 g/mol. The van der Waals surface area contributed by atoms with Crippen molar-refractivity contribution in [3.8, 4) is 0 Å². The van der Waals surface area contributed by atoms with Crippen LogP contribution in [0.2, 0.25) is 5.15 Å². The maximum atomic E-state index is 11.7. The van der Waals surface area contributed by atoms with E-state index in [-0.39, 0.29) is 34.8 Å². The van der Waals surface area contributed by atoms with E-state index in [2.05, 4.69) is 15.3 Å². The maximum Gasteiger partial charge on any atom is 0.251 e. The monoisotopic (exact) mass is 268 g/mol. The predicted octanol–water partition coefficient (Wildman–Crippen LogP) is 0.112. The van der Waals surface area contributed by atoms with E-state index in [0.717, 1.165) is 4.90 Å². The van der Waals surface area contributed by atoms with Gasteiger partial charge >= 0.3 is 0 Å². The van der Waals surface area contributed by atoms with Gasteiger partial charge in [0, 0.05) is 7.05 Å². The number of nitrogens with zero attached hydrogens (tertiary/aromatic N) is 3. The quantitative estimate of drug-likeness (QED) is 0.475. The molecule has 18 heavy (non-hydrogen) atoms. The lowest BCUT2D eigenvalue weighted by atomic mass is 10.2. The fourth-order valence-electron chi connectivity index (χ4n) is 1.63. The van der Waals surface area contributed by atoms with Crippen LogP contribution in [-0.2, 0) is 9.59 Å². The van der Waals surface area contributed by atoms with Crippen LogP contribution in [0.15, 0.2) is 6.33 Å². The highest BCUT2D eigenvalue weighted by molar-refractivity contribution is 6.32. The van der Waals surface area contributed by atoms with E-state index in [9.17, 15) is 14.4 Å². The fraction of sp³-hybridized carbons (Fsp3) is 0.300. The number of carbonyl (C=O) groups is 3. The number of hydrogen-bond donors (Lipinski definition) is 1. The molecule has 1 N–H and O–H groups in total. The van der Waals surface area contributed by atoms with E-state index in [1.807, 2.05) is 0 Å². The molecule has 0 aromatic carbocycles. The first-order valence-electron chi connectivity index (χ1n) is 5.07. The maximum absolute atomic E-state index is 11.7. The van der Waals surface area contributed by atoms with Crippen LogP contribution in [0.4, 0.5) is 5.82 Å². The summed E-state index contributed by atoms with van der Waals surface area (Å²) in [6, 6.07) is -0.729. The van der Waals surface area contributed by atoms with Crippen LogP contribution in [0.25, 0.3) is 0 Å². The molecule has 0 radical (unpaired) electrons. The van der Waals surface area contributed by atoms with Crippen molar-refractivity contribution in [2.75, 3.05) is 12.4 Å². The van der Waals surface area contributed by atoms with Crippen molar-refractivity contribution in [1.29, 1.82) is 0 Å². The molecule has 1 aliphatic rings. The fourth-order valence-corrected chi connectivity index (χ4v) is 1.80. The van der Waals surface area contributed by atoms with Gasteiger partial charge in [-0.1, -0.05) is 11.6 Å². The summed E-state index contributed by atoms with van der Waals surface area (Å²) in [4.78, 5) is 42.4. The molecule has 94 valence electrons. The molecule has 8 heteroatoms. The van der Waals surface area contributed by atoms with E-state index < -0.39 is 6.04 Å². The number of carbonyl (C=O) groups excluding carboxylic acids is 3. The van der Waals surface area contributed by atoms with Gasteiger partial charge in [-0.2, -0.15) is 0 Å². The van der Waals surface area contributed by atoms with Crippen molar-refractivity contribution in [3.63, 3.8) is 0 Å². The first-order chi connectivity index (χ1) is 8.54. The third kappa shape index (κ3) is 2.04. The zero-order valence-electron chi connectivity index (χ0n) is 9.38. The van der Waals surface area contributed by atoms with Crippen LogP contribution in [0.1, 0.15) is 16.8 Å². The Morgan fingerprint density at radius 2 is 2.22 bits per heavy atom. The summed E-state index contributed by atoms with van der Waals surface area (Å²) in [6.45, 7) is 0. The number of likely N-dealkylation sites (N-methyl/N-ethyl adjacent to an activating group) is 1. The van der Waals surface area contributed by atoms with Crippen molar-refractivity contribution in [2.24, 2.45) is 0 Å². The zero-order valence-corrected chi connectivity index (χ0v) is 10.1. The number of rotatable bonds is 3. The van der Waals surface area contributed by atoms with Gasteiger partial charge in [0.25, 0.3) is 5.91 Å². The van der Waals surface area contributed by atoms with Crippen molar-refractivity contribution in [1.82, 2.24) is 14.9 Å². The van der Waals surface area contributed by atoms with Crippen LogP contribution in [0.5, 0.6) is 0 Å². The molecule has 1 saturated heterocycles. The number of likely N-dealkylation sites (tertiary alicyclic amines) is 1. The Morgan fingerprint density at radius 1 is 1.50 bits per heavy atom. The van der Waals surface area contributed by atoms with Gasteiger partial charge < -0.3 is 5.32 Å². The summed E-state index contributed by atoms with van der Waals surface area (Å²) in [6.07, 6.45) is 1.69. The first-order valence-corrected chi connectivity index (χ1v) is 5.45. The summed E-state index contributed by atoms with van der Waals surface area (Å²) in [7, 11) is 1.40. The Balaban J connectivity index is 2.26. The highest BCUT2D eigenvalue weighted by Gasteiger charge is 2.36. The van der Waals surface area contributed by atoms with E-state index in [4.69, 9.17) is 11.6 Å². The minimum Gasteiger partial charge on any atom is -0.357 e. The largest absolute Gasteiger partial charge is 0.357 e. The van der Waals surface area contributed by atoms with Crippen LogP contribution in [-0.4, -0.2) is 46.1 Å². The van der Waals surface area contributed by atoms with Crippen LogP contribution < -0.4 is 5.32 Å². The number of imide groups is 1. The molecule has 0 saturated carbocycles. The topological polar surface area (TPSA) is 92.3 Å². The minimum absolute atomic E-state index is 0.00683. The van der Waals surface area contributed by atoms with E-state index in [1.165, 1.54) is 13.4 Å². The Bertz CT molecular complexity index is 534. The van der Waals surface area contributed by atoms with Gasteiger partial charge in [-0.3, -0.25) is 19.3 Å². The molecule has 2 rings (SSSR count). The van der Waals surface area contributed by atoms with Gasteiger partial charge in [0.2, 0.25) is 5.91 Å². The molecule has 2 heterocycles. The van der Waals surface area contributed by atoms with Gasteiger partial charge in [0.1, 0.15) is 23.3 Å². The molecule has 1 unspecified atom stereocenters. The van der Waals surface area contributed by atoms with E-state index >= 15 is 0 Å². The second kappa shape index (κ2) is 4.69. The Kier molecular flexibility index (Phi) is 3.24. The number of halogens is 1. The van der Waals surface area contributed by atoms with Crippen molar-refractivity contribution in [3.05, 3.63) is 17.0 Å². The predicted molar refractivity (Wildman–Crippen MR) is 62.2 cm³/mol. The summed E-state index contributed by atoms with van der Waals surface area (Å²) in [5.41, 5.74) is 0.0639. The van der Waals surface area contributed by atoms with E-state index in [1.54, 1.807) is 0 Å². The van der Waals surface area contributed by atoms with Gasteiger partial charge in [0.05, 0.1) is 12.0 Å². The third-order valence-corrected chi connectivity index (χ3v) is 2.95. The lowest BCUT2D eigenvalue weighted by molar-refractivity contribution is -0.136. The van der Waals surface area contributed by atoms with Crippen LogP contribution in [0.3, 0.4) is 0 Å². The minimum atomic E-state index is -0.729. The molecule has 1 aromatic heterocycles. The molecule has 0 bridgehead atoms. The molecule has 1 aliphatic heterocycles. The third-order valence-electron chi connectivity index (χ3n) is 2.65. The van der Waals surface area contributed by atoms with Gasteiger partial charge in [0.15, 0.2) is 6.29 Å². The van der Waals surface area contributed by atoms with Crippen LogP contribution >= 0.6 is 11.6 Å². The number of aldehydes is 1. The van der Waals surface area contributed by atoms with Gasteiger partial charge in [-0.15, -0.1) is 0 Å². The lowest BCUT2D eigenvalue weighted by Gasteiger charge is -2.12. The summed E-state index contributed by atoms with van der Waals surface area (Å²) in [5.74, 6) is -0.511. The summed E-state index contributed by atoms with van der Waals surface area (Å²) in [5, 5.41) is 2.73. The summed E-state index contributed by atoms with van der Waals surface area (Å²) < 4.78 is 0. The van der Waals surface area contributed by atoms with Crippen LogP contribution in [0, 0.1) is 0 Å². The smallest absolute Gasteiger partial charge is 0.251 e. The second-order valence-corrected chi connectivity index (χ2v) is 4.09. The van der Waals surface area contributed by atoms with E-state index in [0.29, 0.717) is 6.29 Å². The highest BCUT2D eigenvalue weighted by atomic mass is 35.5. The normalized spacial score (nSPS) is 19.2. The highest BCUT2D eigenvalue weighted by Crippen LogP contribution is 2.21. The molecule has 0 spiro atoms. The standard InChI is InChI=1S/C10H9ClN4O3/c1-15-7(17)2-6(10(15)18)14-9-5(3-16)8(11)12-4-13-9/h3-4,6H,2H2,1H3,(H,12,13,14). The average molecular weight is 269 g/mol.